The normalized spacial score (nSPS) is 10.6. The van der Waals surface area contributed by atoms with Crippen molar-refractivity contribution in [3.63, 3.8) is 0 Å². The molecule has 1 rings (SSSR count). The van der Waals surface area contributed by atoms with Crippen LogP contribution in [0.15, 0.2) is 24.3 Å². The molecule has 0 saturated carbocycles. The molecule has 0 spiro atoms. The van der Waals surface area contributed by atoms with E-state index in [-0.39, 0.29) is 24.8 Å². The highest BCUT2D eigenvalue weighted by Crippen LogP contribution is 2.22. The number of amides is 1. The molecule has 1 aromatic rings. The molecule has 0 radical (unpaired) electrons. The molecule has 1 aromatic carbocycles. The molecule has 114 valence electrons. The summed E-state index contributed by atoms with van der Waals surface area (Å²) < 4.78 is 5.52. The van der Waals surface area contributed by atoms with Crippen molar-refractivity contribution in [2.24, 2.45) is 0 Å². The second-order valence-corrected chi connectivity index (χ2v) is 4.93. The van der Waals surface area contributed by atoms with E-state index in [1.165, 1.54) is 6.92 Å². The van der Waals surface area contributed by atoms with Crippen LogP contribution in [-0.2, 0) is 9.59 Å². The first-order chi connectivity index (χ1) is 10.0. The number of Topliss-reactive ketones (excluding diaryl/α,β-unsaturated/α-hetero) is 1. The topological polar surface area (TPSA) is 55.4 Å². The molecule has 0 aliphatic rings. The van der Waals surface area contributed by atoms with Crippen molar-refractivity contribution in [2.45, 2.75) is 33.6 Å². The fourth-order valence-corrected chi connectivity index (χ4v) is 1.76. The van der Waals surface area contributed by atoms with E-state index in [1.54, 1.807) is 0 Å². The van der Waals surface area contributed by atoms with Crippen LogP contribution in [0.2, 0.25) is 0 Å². The van der Waals surface area contributed by atoms with Crippen molar-refractivity contribution in [3.05, 3.63) is 35.4 Å². The van der Waals surface area contributed by atoms with Gasteiger partial charge in [0.2, 0.25) is 0 Å². The molecule has 0 aliphatic carbocycles. The summed E-state index contributed by atoms with van der Waals surface area (Å²) in [6.07, 6.45) is 6.35. The standard InChI is InChI=1S/C17H23NO3/c1-4-5-6-8-15-9-7-10-16(14(15)3)21-12-17(20)18-11-13(2)19/h6-10H,4-5,11-12H2,1-3H3,(H,18,20)/b8-6-. The molecule has 0 unspecified atom stereocenters. The van der Waals surface area contributed by atoms with Crippen LogP contribution < -0.4 is 10.1 Å². The lowest BCUT2D eigenvalue weighted by Gasteiger charge is -2.11. The predicted octanol–water partition coefficient (Wildman–Crippen LogP) is 2.89. The number of hydrogen-bond donors (Lipinski definition) is 1. The van der Waals surface area contributed by atoms with Gasteiger partial charge in [-0.3, -0.25) is 9.59 Å². The molecular weight excluding hydrogens is 266 g/mol. The number of carbonyl (C=O) groups excluding carboxylic acids is 2. The maximum atomic E-state index is 11.5. The Morgan fingerprint density at radius 2 is 2.10 bits per heavy atom. The van der Waals surface area contributed by atoms with Crippen LogP contribution in [-0.4, -0.2) is 24.8 Å². The summed E-state index contributed by atoms with van der Waals surface area (Å²) in [5.41, 5.74) is 2.09. The second-order valence-electron chi connectivity index (χ2n) is 4.93. The number of allylic oxidation sites excluding steroid dienone is 1. The van der Waals surface area contributed by atoms with Crippen molar-refractivity contribution >= 4 is 17.8 Å². The smallest absolute Gasteiger partial charge is 0.258 e. The van der Waals surface area contributed by atoms with Gasteiger partial charge in [0, 0.05) is 0 Å². The van der Waals surface area contributed by atoms with E-state index in [4.69, 9.17) is 4.74 Å². The molecule has 0 aliphatic heterocycles. The molecule has 0 heterocycles. The van der Waals surface area contributed by atoms with E-state index >= 15 is 0 Å². The molecular formula is C17H23NO3. The Morgan fingerprint density at radius 3 is 2.76 bits per heavy atom. The van der Waals surface area contributed by atoms with Gasteiger partial charge in [-0.05, 0) is 37.5 Å². The van der Waals surface area contributed by atoms with Gasteiger partial charge in [0.1, 0.15) is 11.5 Å². The van der Waals surface area contributed by atoms with E-state index in [0.29, 0.717) is 5.75 Å². The largest absolute Gasteiger partial charge is 0.483 e. The number of ether oxygens (including phenoxy) is 1. The quantitative estimate of drug-likeness (QED) is 0.800. The zero-order valence-corrected chi connectivity index (χ0v) is 12.9. The third-order valence-electron chi connectivity index (χ3n) is 2.97. The van der Waals surface area contributed by atoms with Gasteiger partial charge in [0.25, 0.3) is 5.91 Å². The molecule has 1 N–H and O–H groups in total. The van der Waals surface area contributed by atoms with Crippen LogP contribution in [0.1, 0.15) is 37.8 Å². The number of carbonyl (C=O) groups is 2. The Kier molecular flexibility index (Phi) is 7.23. The minimum atomic E-state index is -0.295. The Balaban J connectivity index is 2.61. The highest BCUT2D eigenvalue weighted by molar-refractivity contribution is 5.85. The first-order valence-corrected chi connectivity index (χ1v) is 7.19. The second kappa shape index (κ2) is 8.95. The summed E-state index contributed by atoms with van der Waals surface area (Å²) in [7, 11) is 0. The van der Waals surface area contributed by atoms with Crippen molar-refractivity contribution in [3.8, 4) is 5.75 Å². The van der Waals surface area contributed by atoms with Crippen molar-refractivity contribution in [1.82, 2.24) is 5.32 Å². The highest BCUT2D eigenvalue weighted by atomic mass is 16.5. The van der Waals surface area contributed by atoms with Crippen LogP contribution in [0.5, 0.6) is 5.75 Å². The van der Waals surface area contributed by atoms with Gasteiger partial charge in [-0.15, -0.1) is 0 Å². The Morgan fingerprint density at radius 1 is 1.33 bits per heavy atom. The lowest BCUT2D eigenvalue weighted by atomic mass is 10.1. The third-order valence-corrected chi connectivity index (χ3v) is 2.97. The van der Waals surface area contributed by atoms with Crippen LogP contribution in [0.3, 0.4) is 0 Å². The van der Waals surface area contributed by atoms with E-state index in [0.717, 1.165) is 24.0 Å². The van der Waals surface area contributed by atoms with Gasteiger partial charge in [-0.2, -0.15) is 0 Å². The van der Waals surface area contributed by atoms with E-state index < -0.39 is 0 Å². The molecule has 4 nitrogen and oxygen atoms in total. The van der Waals surface area contributed by atoms with Crippen molar-refractivity contribution < 1.29 is 14.3 Å². The molecule has 0 aromatic heterocycles. The molecule has 21 heavy (non-hydrogen) atoms. The Labute approximate surface area is 126 Å². The maximum absolute atomic E-state index is 11.5. The fourth-order valence-electron chi connectivity index (χ4n) is 1.76. The van der Waals surface area contributed by atoms with E-state index in [1.807, 2.05) is 25.1 Å². The molecule has 0 bridgehead atoms. The van der Waals surface area contributed by atoms with Gasteiger partial charge in [-0.1, -0.05) is 37.6 Å². The monoisotopic (exact) mass is 289 g/mol. The first-order valence-electron chi connectivity index (χ1n) is 7.19. The van der Waals surface area contributed by atoms with Crippen LogP contribution in [0.4, 0.5) is 0 Å². The van der Waals surface area contributed by atoms with Gasteiger partial charge in [-0.25, -0.2) is 0 Å². The molecule has 4 heteroatoms. The Hall–Kier alpha value is -2.10. The van der Waals surface area contributed by atoms with Gasteiger partial charge in [0.05, 0.1) is 6.54 Å². The number of nitrogens with one attached hydrogen (secondary N) is 1. The number of benzene rings is 1. The average molecular weight is 289 g/mol. The third kappa shape index (κ3) is 6.25. The molecule has 0 saturated heterocycles. The summed E-state index contributed by atoms with van der Waals surface area (Å²) in [5, 5.41) is 2.50. The Bertz CT molecular complexity index is 521. The minimum Gasteiger partial charge on any atom is -0.483 e. The molecule has 0 fully saturated rings. The lowest BCUT2D eigenvalue weighted by molar-refractivity contribution is -0.125. The number of hydrogen-bond acceptors (Lipinski definition) is 3. The summed E-state index contributed by atoms with van der Waals surface area (Å²) in [6, 6.07) is 5.76. The average Bonchev–Trinajstić information content (AvgIpc) is 2.45. The first kappa shape index (κ1) is 17.0. The lowest BCUT2D eigenvalue weighted by Crippen LogP contribution is -2.32. The summed E-state index contributed by atoms with van der Waals surface area (Å²) >= 11 is 0. The molecule has 1 amide bonds. The maximum Gasteiger partial charge on any atom is 0.258 e. The number of ketones is 1. The van der Waals surface area contributed by atoms with Crippen LogP contribution >= 0.6 is 0 Å². The summed E-state index contributed by atoms with van der Waals surface area (Å²) in [5.74, 6) is 0.311. The predicted molar refractivity (Wildman–Crippen MR) is 84.3 cm³/mol. The van der Waals surface area contributed by atoms with Crippen LogP contribution in [0, 0.1) is 6.92 Å². The number of rotatable bonds is 8. The van der Waals surface area contributed by atoms with Gasteiger partial charge >= 0.3 is 0 Å². The van der Waals surface area contributed by atoms with Gasteiger partial charge in [0.15, 0.2) is 6.61 Å². The van der Waals surface area contributed by atoms with Gasteiger partial charge < -0.3 is 10.1 Å². The fraction of sp³-hybridized carbons (Fsp3) is 0.412. The summed E-state index contributed by atoms with van der Waals surface area (Å²) in [4.78, 5) is 22.3. The highest BCUT2D eigenvalue weighted by Gasteiger charge is 2.07. The molecule has 0 atom stereocenters. The summed E-state index contributed by atoms with van der Waals surface area (Å²) in [6.45, 7) is 5.49. The zero-order valence-electron chi connectivity index (χ0n) is 12.9. The van der Waals surface area contributed by atoms with Crippen LogP contribution in [0.25, 0.3) is 6.08 Å². The number of unbranched alkanes of at least 4 members (excludes halogenated alkanes) is 1. The van der Waals surface area contributed by atoms with E-state index in [2.05, 4.69) is 24.4 Å². The van der Waals surface area contributed by atoms with E-state index in [9.17, 15) is 9.59 Å². The zero-order chi connectivity index (χ0) is 15.7. The minimum absolute atomic E-state index is 0.0426. The SMILES string of the molecule is CCC/C=C\c1cccc(OCC(=O)NCC(C)=O)c1C. The van der Waals surface area contributed by atoms with Crippen molar-refractivity contribution in [1.29, 1.82) is 0 Å². The van der Waals surface area contributed by atoms with Crippen molar-refractivity contribution in [2.75, 3.05) is 13.2 Å².